The quantitative estimate of drug-likeness (QED) is 0.281. The van der Waals surface area contributed by atoms with Crippen molar-refractivity contribution in [2.45, 2.75) is 6.54 Å². The molecule has 3 nitrogen and oxygen atoms in total. The number of para-hydroxylation sites is 1. The van der Waals surface area contributed by atoms with Crippen molar-refractivity contribution in [1.82, 2.24) is 9.47 Å². The Hall–Kier alpha value is -2.41. The molecule has 0 aliphatic carbocycles. The lowest BCUT2D eigenvalue weighted by molar-refractivity contribution is -0.121. The van der Waals surface area contributed by atoms with Crippen LogP contribution in [0.2, 0.25) is 5.02 Å². The van der Waals surface area contributed by atoms with E-state index in [1.54, 1.807) is 12.1 Å². The predicted octanol–water partition coefficient (Wildman–Crippen LogP) is 5.87. The molecule has 1 amide bonds. The van der Waals surface area contributed by atoms with Gasteiger partial charge in [-0.3, -0.25) is 9.69 Å². The minimum absolute atomic E-state index is 0.113. The lowest BCUT2D eigenvalue weighted by Gasteiger charge is -2.10. The summed E-state index contributed by atoms with van der Waals surface area (Å²) in [5.41, 5.74) is 2.73. The Bertz CT molecular complexity index is 1180. The summed E-state index contributed by atoms with van der Waals surface area (Å²) in [6, 6.07) is 12.3. The Morgan fingerprint density at radius 1 is 1.24 bits per heavy atom. The molecule has 1 fully saturated rings. The Kier molecular flexibility index (Phi) is 5.58. The Morgan fingerprint density at radius 2 is 2.03 bits per heavy atom. The highest BCUT2D eigenvalue weighted by Gasteiger charge is 2.31. The van der Waals surface area contributed by atoms with Gasteiger partial charge in [-0.15, -0.1) is 6.58 Å². The summed E-state index contributed by atoms with van der Waals surface area (Å²) in [7, 11) is 0. The largest absolute Gasteiger partial charge is 0.342 e. The molecule has 29 heavy (non-hydrogen) atoms. The number of carbonyl (C=O) groups is 1. The van der Waals surface area contributed by atoms with E-state index in [0.29, 0.717) is 27.3 Å². The van der Waals surface area contributed by atoms with Crippen LogP contribution >= 0.6 is 35.6 Å². The molecule has 146 valence electrons. The van der Waals surface area contributed by atoms with Gasteiger partial charge in [-0.2, -0.15) is 0 Å². The van der Waals surface area contributed by atoms with Crippen molar-refractivity contribution in [1.29, 1.82) is 0 Å². The fourth-order valence-corrected chi connectivity index (χ4v) is 4.78. The first-order valence-corrected chi connectivity index (χ1v) is 10.5. The number of thioether (sulfide) groups is 1. The van der Waals surface area contributed by atoms with E-state index in [1.165, 1.54) is 28.8 Å². The summed E-state index contributed by atoms with van der Waals surface area (Å²) >= 11 is 12.8. The summed E-state index contributed by atoms with van der Waals surface area (Å²) in [6.07, 6.45) is 5.50. The van der Waals surface area contributed by atoms with Crippen molar-refractivity contribution in [2.75, 3.05) is 6.54 Å². The number of nitrogens with zero attached hydrogens (tertiary/aromatic N) is 2. The summed E-state index contributed by atoms with van der Waals surface area (Å²) in [4.78, 5) is 14.8. The summed E-state index contributed by atoms with van der Waals surface area (Å²) in [5.74, 6) is -0.475. The van der Waals surface area contributed by atoms with Gasteiger partial charge in [0.2, 0.25) is 0 Å². The predicted molar refractivity (Wildman–Crippen MR) is 123 cm³/mol. The SMILES string of the molecule is C=CCN1C(=O)/C(=C\c2cn(Cc3ccc(F)cc3Cl)c3ccccc23)SC1=S. The highest BCUT2D eigenvalue weighted by atomic mass is 35.5. The van der Waals surface area contributed by atoms with Crippen molar-refractivity contribution in [3.8, 4) is 0 Å². The summed E-state index contributed by atoms with van der Waals surface area (Å²) < 4.78 is 15.9. The van der Waals surface area contributed by atoms with E-state index >= 15 is 0 Å². The molecule has 0 atom stereocenters. The van der Waals surface area contributed by atoms with Crippen LogP contribution in [0, 0.1) is 5.82 Å². The molecular weight excluding hydrogens is 427 g/mol. The van der Waals surface area contributed by atoms with Crippen LogP contribution in [0.4, 0.5) is 4.39 Å². The van der Waals surface area contributed by atoms with E-state index in [1.807, 2.05) is 41.1 Å². The topological polar surface area (TPSA) is 25.2 Å². The molecule has 0 bridgehead atoms. The zero-order valence-electron chi connectivity index (χ0n) is 15.3. The molecular formula is C22H16ClFN2OS2. The fourth-order valence-electron chi connectivity index (χ4n) is 3.28. The Balaban J connectivity index is 1.74. The molecule has 1 aliphatic heterocycles. The van der Waals surface area contributed by atoms with Crippen molar-refractivity contribution < 1.29 is 9.18 Å². The van der Waals surface area contributed by atoms with E-state index in [0.717, 1.165) is 22.0 Å². The third-order valence-electron chi connectivity index (χ3n) is 4.65. The number of hydrogen-bond donors (Lipinski definition) is 0. The van der Waals surface area contributed by atoms with Crippen LogP contribution < -0.4 is 0 Å². The van der Waals surface area contributed by atoms with Crippen LogP contribution in [-0.2, 0) is 11.3 Å². The van der Waals surface area contributed by atoms with Gasteiger partial charge in [-0.05, 0) is 29.8 Å². The van der Waals surface area contributed by atoms with Gasteiger partial charge in [0.25, 0.3) is 5.91 Å². The van der Waals surface area contributed by atoms with Gasteiger partial charge in [0.15, 0.2) is 0 Å². The average Bonchev–Trinajstić information content (AvgIpc) is 3.17. The average molecular weight is 443 g/mol. The van der Waals surface area contributed by atoms with Gasteiger partial charge in [-0.1, -0.05) is 65.9 Å². The number of aromatic nitrogens is 1. The highest BCUT2D eigenvalue weighted by molar-refractivity contribution is 8.26. The van der Waals surface area contributed by atoms with Crippen molar-refractivity contribution >= 4 is 62.8 Å². The second-order valence-electron chi connectivity index (χ2n) is 6.55. The minimum Gasteiger partial charge on any atom is -0.342 e. The van der Waals surface area contributed by atoms with Crippen molar-refractivity contribution in [3.05, 3.63) is 88.2 Å². The van der Waals surface area contributed by atoms with Gasteiger partial charge in [0.1, 0.15) is 10.1 Å². The summed E-state index contributed by atoms with van der Waals surface area (Å²) in [6.45, 7) is 4.57. The number of amides is 1. The third-order valence-corrected chi connectivity index (χ3v) is 6.38. The maximum Gasteiger partial charge on any atom is 0.266 e. The molecule has 0 spiro atoms. The number of carbonyl (C=O) groups excluding carboxylic acids is 1. The molecule has 0 N–H and O–H groups in total. The molecule has 2 heterocycles. The van der Waals surface area contributed by atoms with E-state index < -0.39 is 0 Å². The molecule has 1 saturated heterocycles. The first-order valence-electron chi connectivity index (χ1n) is 8.86. The van der Waals surface area contributed by atoms with E-state index in [-0.39, 0.29) is 11.7 Å². The molecule has 0 unspecified atom stereocenters. The standard InChI is InChI=1S/C22H16ClFN2OS2/c1-2-9-26-21(27)20(29-22(26)28)10-15-13-25(19-6-4-3-5-17(15)19)12-14-7-8-16(24)11-18(14)23/h2-8,10-11,13H,1,9,12H2/b20-10+. The number of thiocarbonyl (C=S) groups is 1. The third kappa shape index (κ3) is 3.88. The maximum absolute atomic E-state index is 13.4. The first kappa shape index (κ1) is 19.9. The lowest BCUT2D eigenvalue weighted by Crippen LogP contribution is -2.27. The number of hydrogen-bond acceptors (Lipinski definition) is 3. The van der Waals surface area contributed by atoms with Crippen LogP contribution in [0.15, 0.2) is 66.2 Å². The minimum atomic E-state index is -0.363. The van der Waals surface area contributed by atoms with E-state index in [4.69, 9.17) is 23.8 Å². The van der Waals surface area contributed by atoms with Gasteiger partial charge < -0.3 is 4.57 Å². The second kappa shape index (κ2) is 8.14. The van der Waals surface area contributed by atoms with E-state index in [9.17, 15) is 9.18 Å². The number of fused-ring (bicyclic) bond motifs is 1. The number of rotatable bonds is 5. The molecule has 3 aromatic rings. The highest BCUT2D eigenvalue weighted by Crippen LogP contribution is 2.34. The molecule has 4 rings (SSSR count). The number of benzene rings is 2. The van der Waals surface area contributed by atoms with E-state index in [2.05, 4.69) is 6.58 Å². The van der Waals surface area contributed by atoms with Gasteiger partial charge in [0.05, 0.1) is 4.91 Å². The van der Waals surface area contributed by atoms with Gasteiger partial charge in [0, 0.05) is 40.8 Å². The number of halogens is 2. The fraction of sp³-hybridized carbons (Fsp3) is 0.0909. The monoisotopic (exact) mass is 442 g/mol. The smallest absolute Gasteiger partial charge is 0.266 e. The maximum atomic E-state index is 13.4. The molecule has 1 aliphatic rings. The second-order valence-corrected chi connectivity index (χ2v) is 8.63. The molecule has 0 radical (unpaired) electrons. The zero-order chi connectivity index (χ0) is 20.5. The van der Waals surface area contributed by atoms with Gasteiger partial charge in [-0.25, -0.2) is 4.39 Å². The normalized spacial score (nSPS) is 15.7. The van der Waals surface area contributed by atoms with Gasteiger partial charge >= 0.3 is 0 Å². The lowest BCUT2D eigenvalue weighted by atomic mass is 10.1. The molecule has 2 aromatic carbocycles. The first-order chi connectivity index (χ1) is 14.0. The van der Waals surface area contributed by atoms with Crippen LogP contribution in [0.3, 0.4) is 0 Å². The van der Waals surface area contributed by atoms with Crippen LogP contribution in [0.25, 0.3) is 17.0 Å². The zero-order valence-corrected chi connectivity index (χ0v) is 17.7. The van der Waals surface area contributed by atoms with Crippen LogP contribution in [0.5, 0.6) is 0 Å². The van der Waals surface area contributed by atoms with Crippen molar-refractivity contribution in [2.24, 2.45) is 0 Å². The van der Waals surface area contributed by atoms with Crippen LogP contribution in [0.1, 0.15) is 11.1 Å². The molecule has 0 saturated carbocycles. The summed E-state index contributed by atoms with van der Waals surface area (Å²) in [5, 5.41) is 1.40. The Labute approximate surface area is 182 Å². The molecule has 7 heteroatoms. The molecule has 1 aromatic heterocycles. The van der Waals surface area contributed by atoms with Crippen molar-refractivity contribution in [3.63, 3.8) is 0 Å². The van der Waals surface area contributed by atoms with Crippen LogP contribution in [-0.4, -0.2) is 26.2 Å². The Morgan fingerprint density at radius 3 is 2.79 bits per heavy atom.